The van der Waals surface area contributed by atoms with Crippen LogP contribution in [0.1, 0.15) is 46.6 Å². The maximum absolute atomic E-state index is 10.6. The van der Waals surface area contributed by atoms with E-state index in [-0.39, 0.29) is 17.4 Å². The second-order valence-electron chi connectivity index (χ2n) is 6.95. The van der Waals surface area contributed by atoms with Crippen molar-refractivity contribution < 1.29 is 9.90 Å². The summed E-state index contributed by atoms with van der Waals surface area (Å²) in [5.74, 6) is -0.848. The zero-order valence-corrected chi connectivity index (χ0v) is 12.6. The molecule has 1 rings (SSSR count). The number of rotatable bonds is 5. The maximum Gasteiger partial charge on any atom is 0.322 e. The molecule has 0 amide bonds. The number of carboxylic acid groups (broad SMARTS) is 1. The molecule has 106 valence electrons. The normalized spacial score (nSPS) is 12.3. The first-order chi connectivity index (χ1) is 8.60. The molecule has 19 heavy (non-hydrogen) atoms. The highest BCUT2D eigenvalue weighted by Gasteiger charge is 2.27. The fourth-order valence-electron chi connectivity index (χ4n) is 2.66. The van der Waals surface area contributed by atoms with E-state index in [1.54, 1.807) is 0 Å². The van der Waals surface area contributed by atoms with Crippen LogP contribution in [0.4, 0.5) is 5.69 Å². The highest BCUT2D eigenvalue weighted by Crippen LogP contribution is 2.36. The van der Waals surface area contributed by atoms with Crippen LogP contribution < -0.4 is 5.32 Å². The zero-order chi connectivity index (χ0) is 14.7. The van der Waals surface area contributed by atoms with E-state index in [4.69, 9.17) is 5.11 Å². The summed E-state index contributed by atoms with van der Waals surface area (Å²) in [4.78, 5) is 10.6. The predicted octanol–water partition coefficient (Wildman–Crippen LogP) is 3.90. The molecule has 0 saturated carbocycles. The maximum atomic E-state index is 10.6. The molecule has 0 saturated heterocycles. The first-order valence-corrected chi connectivity index (χ1v) is 6.66. The van der Waals surface area contributed by atoms with Crippen molar-refractivity contribution in [2.75, 3.05) is 11.9 Å². The summed E-state index contributed by atoms with van der Waals surface area (Å²) in [6.45, 7) is 11.1. The van der Waals surface area contributed by atoms with E-state index in [0.717, 1.165) is 12.1 Å². The molecule has 0 aliphatic heterocycles. The van der Waals surface area contributed by atoms with Crippen molar-refractivity contribution in [3.63, 3.8) is 0 Å². The summed E-state index contributed by atoms with van der Waals surface area (Å²) >= 11 is 0. The van der Waals surface area contributed by atoms with Gasteiger partial charge in [0.05, 0.1) is 0 Å². The van der Waals surface area contributed by atoms with Gasteiger partial charge in [-0.15, -0.1) is 0 Å². The molecule has 0 spiro atoms. The number of carbonyl (C=O) groups is 1. The van der Waals surface area contributed by atoms with Gasteiger partial charge in [0.2, 0.25) is 0 Å². The summed E-state index contributed by atoms with van der Waals surface area (Å²) < 4.78 is 0. The Labute approximate surface area is 116 Å². The fourth-order valence-corrected chi connectivity index (χ4v) is 2.66. The Balaban J connectivity index is 2.88. The van der Waals surface area contributed by atoms with Crippen LogP contribution in [0, 0.1) is 5.41 Å². The lowest BCUT2D eigenvalue weighted by Crippen LogP contribution is -2.25. The molecular formula is C16H25NO2. The van der Waals surface area contributed by atoms with E-state index in [0.29, 0.717) is 0 Å². The van der Waals surface area contributed by atoms with Gasteiger partial charge < -0.3 is 10.4 Å². The summed E-state index contributed by atoms with van der Waals surface area (Å²) in [6.07, 6.45) is 1.07. The Bertz CT molecular complexity index is 444. The quantitative estimate of drug-likeness (QED) is 0.847. The van der Waals surface area contributed by atoms with E-state index in [9.17, 15) is 4.79 Å². The van der Waals surface area contributed by atoms with Crippen molar-refractivity contribution in [3.05, 3.63) is 29.8 Å². The highest BCUT2D eigenvalue weighted by molar-refractivity contribution is 5.72. The number of aliphatic carboxylic acids is 1. The van der Waals surface area contributed by atoms with Gasteiger partial charge in [0.15, 0.2) is 0 Å². The van der Waals surface area contributed by atoms with Gasteiger partial charge in [-0.1, -0.05) is 46.8 Å². The van der Waals surface area contributed by atoms with Crippen LogP contribution in [0.2, 0.25) is 0 Å². The number of hydrogen-bond donors (Lipinski definition) is 2. The molecular weight excluding hydrogens is 238 g/mol. The summed E-state index contributed by atoms with van der Waals surface area (Å²) in [6, 6.07) is 8.04. The van der Waals surface area contributed by atoms with Crippen LogP contribution in [0.3, 0.4) is 0 Å². The largest absolute Gasteiger partial charge is 0.480 e. The minimum atomic E-state index is -0.848. The first-order valence-electron chi connectivity index (χ1n) is 6.66. The second-order valence-corrected chi connectivity index (χ2v) is 6.95. The lowest BCUT2D eigenvalue weighted by atomic mass is 9.72. The van der Waals surface area contributed by atoms with E-state index in [1.165, 1.54) is 5.56 Å². The zero-order valence-electron chi connectivity index (χ0n) is 12.6. The van der Waals surface area contributed by atoms with E-state index in [1.807, 2.05) is 12.1 Å². The molecule has 2 N–H and O–H groups in total. The van der Waals surface area contributed by atoms with Crippen molar-refractivity contribution in [1.82, 2.24) is 0 Å². The van der Waals surface area contributed by atoms with Gasteiger partial charge in [0.25, 0.3) is 0 Å². The molecule has 0 fully saturated rings. The first kappa shape index (κ1) is 15.5. The van der Waals surface area contributed by atoms with Crippen molar-refractivity contribution in [2.24, 2.45) is 5.41 Å². The molecule has 0 atom stereocenters. The van der Waals surface area contributed by atoms with Crippen LogP contribution in [-0.2, 0) is 10.2 Å². The molecule has 0 aromatic heterocycles. The standard InChI is InChI=1S/C16H25NO2/c1-15(2,3)11-16(4,5)12-7-6-8-13(9-12)17-10-14(18)19/h6-9,17H,10-11H2,1-5H3,(H,18,19). The lowest BCUT2D eigenvalue weighted by molar-refractivity contribution is -0.134. The van der Waals surface area contributed by atoms with Crippen molar-refractivity contribution >= 4 is 11.7 Å². The van der Waals surface area contributed by atoms with Gasteiger partial charge in [0, 0.05) is 5.69 Å². The van der Waals surface area contributed by atoms with Crippen molar-refractivity contribution in [2.45, 2.75) is 46.5 Å². The monoisotopic (exact) mass is 263 g/mol. The smallest absolute Gasteiger partial charge is 0.322 e. The third kappa shape index (κ3) is 5.33. The number of hydrogen-bond acceptors (Lipinski definition) is 2. The Morgan fingerprint density at radius 2 is 1.84 bits per heavy atom. The predicted molar refractivity (Wildman–Crippen MR) is 79.7 cm³/mol. The summed E-state index contributed by atoms with van der Waals surface area (Å²) in [5.41, 5.74) is 2.42. The summed E-state index contributed by atoms with van der Waals surface area (Å²) in [7, 11) is 0. The van der Waals surface area contributed by atoms with Gasteiger partial charge in [-0.05, 0) is 34.9 Å². The Morgan fingerprint density at radius 3 is 2.37 bits per heavy atom. The second kappa shape index (κ2) is 5.64. The van der Waals surface area contributed by atoms with Crippen molar-refractivity contribution in [1.29, 1.82) is 0 Å². The topological polar surface area (TPSA) is 49.3 Å². The lowest BCUT2D eigenvalue weighted by Gasteiger charge is -2.33. The van der Waals surface area contributed by atoms with Crippen LogP contribution in [-0.4, -0.2) is 17.6 Å². The average Bonchev–Trinajstić information content (AvgIpc) is 2.23. The van der Waals surface area contributed by atoms with E-state index >= 15 is 0 Å². The molecule has 1 aromatic carbocycles. The number of nitrogens with one attached hydrogen (secondary N) is 1. The number of anilines is 1. The molecule has 0 aliphatic rings. The van der Waals surface area contributed by atoms with Gasteiger partial charge in [-0.3, -0.25) is 4.79 Å². The Hall–Kier alpha value is -1.51. The Kier molecular flexibility index (Phi) is 4.61. The molecule has 0 heterocycles. The van der Waals surface area contributed by atoms with Gasteiger partial charge in [-0.2, -0.15) is 0 Å². The van der Waals surface area contributed by atoms with Crippen LogP contribution in [0.25, 0.3) is 0 Å². The SMILES string of the molecule is CC(C)(C)CC(C)(C)c1cccc(NCC(=O)O)c1. The highest BCUT2D eigenvalue weighted by atomic mass is 16.4. The van der Waals surface area contributed by atoms with Crippen LogP contribution >= 0.6 is 0 Å². The molecule has 3 heteroatoms. The fraction of sp³-hybridized carbons (Fsp3) is 0.562. The van der Waals surface area contributed by atoms with Gasteiger partial charge >= 0.3 is 5.97 Å². The Morgan fingerprint density at radius 1 is 1.21 bits per heavy atom. The van der Waals surface area contributed by atoms with E-state index in [2.05, 4.69) is 52.1 Å². The molecule has 3 nitrogen and oxygen atoms in total. The van der Waals surface area contributed by atoms with Crippen LogP contribution in [0.15, 0.2) is 24.3 Å². The third-order valence-corrected chi connectivity index (χ3v) is 3.06. The van der Waals surface area contributed by atoms with Gasteiger partial charge in [0.1, 0.15) is 6.54 Å². The van der Waals surface area contributed by atoms with Gasteiger partial charge in [-0.25, -0.2) is 0 Å². The summed E-state index contributed by atoms with van der Waals surface area (Å²) in [5, 5.41) is 11.6. The van der Waals surface area contributed by atoms with Crippen LogP contribution in [0.5, 0.6) is 0 Å². The minimum Gasteiger partial charge on any atom is -0.480 e. The third-order valence-electron chi connectivity index (χ3n) is 3.06. The molecule has 0 aliphatic carbocycles. The minimum absolute atomic E-state index is 0.0524. The molecule has 0 radical (unpaired) electrons. The molecule has 1 aromatic rings. The molecule has 0 bridgehead atoms. The molecule has 0 unspecified atom stereocenters. The van der Waals surface area contributed by atoms with Crippen molar-refractivity contribution in [3.8, 4) is 0 Å². The average molecular weight is 263 g/mol. The van der Waals surface area contributed by atoms with E-state index < -0.39 is 5.97 Å². The number of carboxylic acids is 1. The number of benzene rings is 1.